The molecule has 0 heterocycles. The summed E-state index contributed by atoms with van der Waals surface area (Å²) in [4.78, 5) is 34.8. The number of hydrogen-bond donors (Lipinski definition) is 3. The number of hydroxylamine groups is 6. The number of hydrogen-bond acceptors (Lipinski definition) is 6. The highest BCUT2D eigenvalue weighted by Crippen LogP contribution is 2.16. The fourth-order valence-electron chi connectivity index (χ4n) is 2.51. The molecule has 0 saturated carbocycles. The molecule has 0 aromatic heterocycles. The molecule has 0 atom stereocenters. The molecule has 0 bridgehead atoms. The Kier molecular flexibility index (Phi) is 8.86. The Morgan fingerprint density at radius 3 is 1.04 bits per heavy atom. The van der Waals surface area contributed by atoms with Gasteiger partial charge in [0.15, 0.2) is 0 Å². The van der Waals surface area contributed by atoms with Gasteiger partial charge in [0, 0.05) is 40.4 Å². The smallest absolute Gasteiger partial charge is 0.245 e. The first-order chi connectivity index (χ1) is 12.6. The number of rotatable bonds is 9. The van der Waals surface area contributed by atoms with Crippen molar-refractivity contribution in [3.05, 3.63) is 34.9 Å². The highest BCUT2D eigenvalue weighted by atomic mass is 16.5. The molecule has 3 N–H and O–H groups in total. The van der Waals surface area contributed by atoms with Crippen LogP contribution in [0.3, 0.4) is 0 Å². The van der Waals surface area contributed by atoms with Gasteiger partial charge in [-0.1, -0.05) is 18.2 Å². The van der Waals surface area contributed by atoms with E-state index in [4.69, 9.17) is 15.6 Å². The minimum atomic E-state index is -0.420. The van der Waals surface area contributed by atoms with Crippen LogP contribution in [0.1, 0.15) is 36.0 Å². The molecular weight excluding hydrogens is 354 g/mol. The average Bonchev–Trinajstić information content (AvgIpc) is 2.61. The van der Waals surface area contributed by atoms with E-state index in [2.05, 4.69) is 0 Å². The van der Waals surface area contributed by atoms with E-state index in [1.807, 2.05) is 18.2 Å². The van der Waals surface area contributed by atoms with Crippen molar-refractivity contribution in [1.29, 1.82) is 0 Å². The van der Waals surface area contributed by atoms with E-state index < -0.39 is 17.7 Å². The van der Waals surface area contributed by atoms with Gasteiger partial charge < -0.3 is 0 Å². The topological polar surface area (TPSA) is 122 Å². The second kappa shape index (κ2) is 10.6. The normalized spacial score (nSPS) is 10.4. The van der Waals surface area contributed by atoms with E-state index in [-0.39, 0.29) is 19.3 Å². The van der Waals surface area contributed by atoms with Crippen molar-refractivity contribution in [3.8, 4) is 0 Å². The van der Waals surface area contributed by atoms with Crippen molar-refractivity contribution in [3.63, 3.8) is 0 Å². The lowest BCUT2D eigenvalue weighted by Gasteiger charge is -2.13. The van der Waals surface area contributed by atoms with Crippen LogP contribution < -0.4 is 0 Å². The van der Waals surface area contributed by atoms with Gasteiger partial charge >= 0.3 is 0 Å². The first-order valence-electron chi connectivity index (χ1n) is 8.58. The quantitative estimate of drug-likeness (QED) is 0.434. The van der Waals surface area contributed by atoms with E-state index in [0.717, 1.165) is 16.7 Å². The van der Waals surface area contributed by atoms with Gasteiger partial charge in [-0.25, -0.2) is 15.2 Å². The Hall–Kier alpha value is -2.49. The maximum absolute atomic E-state index is 11.6. The summed E-state index contributed by atoms with van der Waals surface area (Å²) in [6, 6.07) is 5.58. The molecule has 3 amide bonds. The summed E-state index contributed by atoms with van der Waals surface area (Å²) >= 11 is 0. The summed E-state index contributed by atoms with van der Waals surface area (Å²) in [5, 5.41) is 29.1. The summed E-state index contributed by atoms with van der Waals surface area (Å²) in [6.07, 6.45) is 1.54. The number of nitrogens with zero attached hydrogens (tertiary/aromatic N) is 3. The van der Waals surface area contributed by atoms with E-state index in [1.165, 1.54) is 21.1 Å². The van der Waals surface area contributed by atoms with Crippen LogP contribution in [0.4, 0.5) is 0 Å². The molecule has 150 valence electrons. The standard InChI is InChI=1S/C18H27N3O6/c1-19(25)16(22)7-4-13-10-14(5-8-17(23)20(2)26)12-15(11-13)6-9-18(24)21(3)27/h10-12,25-27H,4-9H2,1-3H3. The Labute approximate surface area is 158 Å². The molecule has 0 aliphatic carbocycles. The maximum Gasteiger partial charge on any atom is 0.245 e. The second-order valence-electron chi connectivity index (χ2n) is 6.41. The van der Waals surface area contributed by atoms with Crippen LogP contribution in [0.2, 0.25) is 0 Å². The van der Waals surface area contributed by atoms with Crippen LogP contribution in [0.5, 0.6) is 0 Å². The monoisotopic (exact) mass is 381 g/mol. The Morgan fingerprint density at radius 1 is 0.630 bits per heavy atom. The molecule has 0 fully saturated rings. The first-order valence-corrected chi connectivity index (χ1v) is 8.58. The molecule has 9 heteroatoms. The third kappa shape index (κ3) is 8.16. The molecule has 0 aliphatic heterocycles. The van der Waals surface area contributed by atoms with Crippen molar-refractivity contribution < 1.29 is 30.0 Å². The van der Waals surface area contributed by atoms with Crippen molar-refractivity contribution in [2.45, 2.75) is 38.5 Å². The van der Waals surface area contributed by atoms with Gasteiger partial charge in [0.05, 0.1) is 0 Å². The predicted octanol–water partition coefficient (Wildman–Crippen LogP) is 1.03. The molecule has 0 unspecified atom stereocenters. The largest absolute Gasteiger partial charge is 0.286 e. The minimum Gasteiger partial charge on any atom is -0.286 e. The molecular formula is C18H27N3O6. The summed E-state index contributed by atoms with van der Waals surface area (Å²) < 4.78 is 0. The molecule has 1 rings (SSSR count). The van der Waals surface area contributed by atoms with E-state index >= 15 is 0 Å². The van der Waals surface area contributed by atoms with Gasteiger partial charge in [-0.2, -0.15) is 0 Å². The number of aryl methyl sites for hydroxylation is 3. The Bertz CT molecular complexity index is 570. The van der Waals surface area contributed by atoms with Crippen molar-refractivity contribution in [2.24, 2.45) is 0 Å². The van der Waals surface area contributed by atoms with Crippen LogP contribution in [-0.4, -0.2) is 69.7 Å². The third-order valence-corrected chi connectivity index (χ3v) is 4.08. The summed E-state index contributed by atoms with van der Waals surface area (Å²) in [6.45, 7) is 0. The van der Waals surface area contributed by atoms with Crippen molar-refractivity contribution >= 4 is 17.7 Å². The van der Waals surface area contributed by atoms with Crippen LogP contribution in [0, 0.1) is 0 Å². The fraction of sp³-hybridized carbons (Fsp3) is 0.500. The van der Waals surface area contributed by atoms with Crippen LogP contribution in [0.15, 0.2) is 18.2 Å². The number of carbonyl (C=O) groups excluding carboxylic acids is 3. The fourth-order valence-corrected chi connectivity index (χ4v) is 2.51. The molecule has 9 nitrogen and oxygen atoms in total. The van der Waals surface area contributed by atoms with Gasteiger partial charge in [-0.15, -0.1) is 0 Å². The van der Waals surface area contributed by atoms with Crippen LogP contribution in [0.25, 0.3) is 0 Å². The van der Waals surface area contributed by atoms with Crippen molar-refractivity contribution in [1.82, 2.24) is 15.2 Å². The van der Waals surface area contributed by atoms with Crippen molar-refractivity contribution in [2.75, 3.05) is 21.1 Å². The second-order valence-corrected chi connectivity index (χ2v) is 6.41. The molecule has 0 aliphatic rings. The summed E-state index contributed by atoms with van der Waals surface area (Å²) in [7, 11) is 3.79. The van der Waals surface area contributed by atoms with Gasteiger partial charge in [-0.05, 0) is 36.0 Å². The number of benzene rings is 1. The van der Waals surface area contributed by atoms with Gasteiger partial charge in [-0.3, -0.25) is 30.0 Å². The average molecular weight is 381 g/mol. The van der Waals surface area contributed by atoms with Gasteiger partial charge in [0.2, 0.25) is 17.7 Å². The number of carbonyl (C=O) groups is 3. The molecule has 0 radical (unpaired) electrons. The predicted molar refractivity (Wildman–Crippen MR) is 95.1 cm³/mol. The lowest BCUT2D eigenvalue weighted by atomic mass is 9.97. The zero-order chi connectivity index (χ0) is 20.6. The highest BCUT2D eigenvalue weighted by Gasteiger charge is 2.12. The van der Waals surface area contributed by atoms with Gasteiger partial charge in [0.25, 0.3) is 0 Å². The zero-order valence-electron chi connectivity index (χ0n) is 15.9. The SMILES string of the molecule is CN(O)C(=O)CCc1cc(CCC(=O)N(C)O)cc(CCC(=O)N(C)O)c1. The third-order valence-electron chi connectivity index (χ3n) is 4.08. The Balaban J connectivity index is 2.90. The van der Waals surface area contributed by atoms with Crippen LogP contribution >= 0.6 is 0 Å². The first kappa shape index (κ1) is 22.6. The molecule has 27 heavy (non-hydrogen) atoms. The molecule has 0 saturated heterocycles. The lowest BCUT2D eigenvalue weighted by Crippen LogP contribution is -2.23. The van der Waals surface area contributed by atoms with E-state index in [9.17, 15) is 14.4 Å². The lowest BCUT2D eigenvalue weighted by molar-refractivity contribution is -0.159. The minimum absolute atomic E-state index is 0.118. The summed E-state index contributed by atoms with van der Waals surface area (Å²) in [5.74, 6) is -1.26. The maximum atomic E-state index is 11.6. The van der Waals surface area contributed by atoms with E-state index in [0.29, 0.717) is 34.5 Å². The van der Waals surface area contributed by atoms with E-state index in [1.54, 1.807) is 0 Å². The van der Waals surface area contributed by atoms with Gasteiger partial charge in [0.1, 0.15) is 0 Å². The molecule has 1 aromatic rings. The Morgan fingerprint density at radius 2 is 0.852 bits per heavy atom. The zero-order valence-corrected chi connectivity index (χ0v) is 15.9. The summed E-state index contributed by atoms with van der Waals surface area (Å²) in [5.41, 5.74) is 2.52. The number of amides is 3. The molecule has 0 spiro atoms. The van der Waals surface area contributed by atoms with Crippen LogP contribution in [-0.2, 0) is 33.6 Å². The highest BCUT2D eigenvalue weighted by molar-refractivity contribution is 5.76. The molecule has 1 aromatic carbocycles.